The van der Waals surface area contributed by atoms with Gasteiger partial charge < -0.3 is 14.6 Å². The van der Waals surface area contributed by atoms with Crippen LogP contribution in [-0.2, 0) is 16.2 Å². The molecule has 8 nitrogen and oxygen atoms in total. The van der Waals surface area contributed by atoms with Crippen LogP contribution in [0.3, 0.4) is 0 Å². The van der Waals surface area contributed by atoms with Crippen molar-refractivity contribution in [1.29, 1.82) is 0 Å². The molecule has 154 valence electrons. The van der Waals surface area contributed by atoms with Gasteiger partial charge in [-0.25, -0.2) is 4.79 Å². The molecular formula is C21H18N2O6S. The minimum absolute atomic E-state index is 0.0302. The zero-order valence-corrected chi connectivity index (χ0v) is 17.0. The van der Waals surface area contributed by atoms with Crippen LogP contribution in [0.15, 0.2) is 48.0 Å². The van der Waals surface area contributed by atoms with Gasteiger partial charge in [-0.2, -0.15) is 0 Å². The lowest BCUT2D eigenvalue weighted by atomic mass is 10.1. The van der Waals surface area contributed by atoms with E-state index in [2.05, 4.69) is 5.32 Å². The lowest BCUT2D eigenvalue weighted by Gasteiger charge is -2.25. The molecule has 1 saturated heterocycles. The van der Waals surface area contributed by atoms with Gasteiger partial charge in [-0.3, -0.25) is 19.8 Å². The number of amides is 2. The number of aromatic carboxylic acids is 1. The number of methoxy groups -OCH3 is 1. The molecule has 0 unspecified atom stereocenters. The lowest BCUT2D eigenvalue weighted by molar-refractivity contribution is -0.128. The molecule has 0 saturated carbocycles. The summed E-state index contributed by atoms with van der Waals surface area (Å²) in [5.74, 6) is -1.47. The fraction of sp³-hybridized carbons (Fsp3) is 0.143. The van der Waals surface area contributed by atoms with Crippen LogP contribution >= 0.6 is 12.2 Å². The average molecular weight is 426 g/mol. The molecule has 0 bridgehead atoms. The van der Waals surface area contributed by atoms with E-state index in [0.717, 1.165) is 0 Å². The number of carboxylic acids is 1. The van der Waals surface area contributed by atoms with Gasteiger partial charge in [-0.05, 0) is 42.1 Å². The summed E-state index contributed by atoms with van der Waals surface area (Å²) in [5.41, 5.74) is 1.12. The number of carbonyl (C=O) groups excluding carboxylic acids is 2. The standard InChI is InChI=1S/C21H18N2O6S/c1-23-19(25)15(18(24)22-21(23)30)10-13-6-4-8-16(28-2)17(13)29-11-12-5-3-7-14(9-12)20(26)27/h3-10H,11H2,1-2H3,(H,26,27)(H,22,24,30). The third-order valence-electron chi connectivity index (χ3n) is 4.39. The highest BCUT2D eigenvalue weighted by molar-refractivity contribution is 7.80. The number of likely N-dealkylation sites (N-methyl/N-ethyl adjacent to an activating group) is 1. The number of ether oxygens (including phenoxy) is 2. The molecule has 0 aliphatic carbocycles. The van der Waals surface area contributed by atoms with Crippen LogP contribution in [0, 0.1) is 0 Å². The number of hydrogen-bond donors (Lipinski definition) is 2. The molecule has 1 heterocycles. The van der Waals surface area contributed by atoms with Crippen LogP contribution in [-0.4, -0.2) is 47.1 Å². The molecule has 0 aromatic heterocycles. The Labute approximate surface area is 177 Å². The maximum atomic E-state index is 12.5. The molecule has 1 aliphatic heterocycles. The summed E-state index contributed by atoms with van der Waals surface area (Å²) in [6.45, 7) is 0.0573. The lowest BCUT2D eigenvalue weighted by Crippen LogP contribution is -2.52. The second-order valence-corrected chi connectivity index (χ2v) is 6.74. The van der Waals surface area contributed by atoms with E-state index in [1.807, 2.05) is 0 Å². The number of carboxylic acid groups (broad SMARTS) is 1. The Hall–Kier alpha value is -3.72. The quantitative estimate of drug-likeness (QED) is 0.415. The van der Waals surface area contributed by atoms with Crippen molar-refractivity contribution in [2.24, 2.45) is 0 Å². The molecule has 3 rings (SSSR count). The number of para-hydroxylation sites is 1. The zero-order chi connectivity index (χ0) is 21.8. The number of nitrogens with zero attached hydrogens (tertiary/aromatic N) is 1. The minimum atomic E-state index is -1.04. The van der Waals surface area contributed by atoms with Gasteiger partial charge in [0.05, 0.1) is 12.7 Å². The highest BCUT2D eigenvalue weighted by atomic mass is 32.1. The van der Waals surface area contributed by atoms with Crippen molar-refractivity contribution in [2.75, 3.05) is 14.2 Å². The van der Waals surface area contributed by atoms with Gasteiger partial charge in [0.15, 0.2) is 16.6 Å². The summed E-state index contributed by atoms with van der Waals surface area (Å²) in [6, 6.07) is 11.4. The molecule has 2 N–H and O–H groups in total. The highest BCUT2D eigenvalue weighted by Gasteiger charge is 2.31. The Morgan fingerprint density at radius 2 is 1.97 bits per heavy atom. The first-order chi connectivity index (χ1) is 14.3. The first-order valence-corrected chi connectivity index (χ1v) is 9.19. The number of rotatable bonds is 6. The molecule has 0 atom stereocenters. The summed E-state index contributed by atoms with van der Waals surface area (Å²) in [5, 5.41) is 11.6. The van der Waals surface area contributed by atoms with E-state index in [1.165, 1.54) is 37.3 Å². The van der Waals surface area contributed by atoms with Crippen molar-refractivity contribution in [3.05, 3.63) is 64.7 Å². The Morgan fingerprint density at radius 1 is 1.23 bits per heavy atom. The molecule has 2 aromatic carbocycles. The van der Waals surface area contributed by atoms with Crippen molar-refractivity contribution < 1.29 is 29.0 Å². The minimum Gasteiger partial charge on any atom is -0.493 e. The number of thiocarbonyl (C=S) groups is 1. The van der Waals surface area contributed by atoms with Crippen molar-refractivity contribution in [1.82, 2.24) is 10.2 Å². The molecule has 30 heavy (non-hydrogen) atoms. The maximum absolute atomic E-state index is 12.5. The summed E-state index contributed by atoms with van der Waals surface area (Å²) in [7, 11) is 2.94. The second-order valence-electron chi connectivity index (χ2n) is 6.35. The fourth-order valence-electron chi connectivity index (χ4n) is 2.81. The first kappa shape index (κ1) is 21.0. The van der Waals surface area contributed by atoms with Crippen LogP contribution in [0.2, 0.25) is 0 Å². The van der Waals surface area contributed by atoms with Gasteiger partial charge in [0.2, 0.25) is 0 Å². The average Bonchev–Trinajstić information content (AvgIpc) is 2.74. The van der Waals surface area contributed by atoms with Crippen molar-refractivity contribution >= 4 is 41.2 Å². The van der Waals surface area contributed by atoms with Gasteiger partial charge in [0.1, 0.15) is 12.2 Å². The highest BCUT2D eigenvalue weighted by Crippen LogP contribution is 2.33. The Kier molecular flexibility index (Phi) is 6.12. The summed E-state index contributed by atoms with van der Waals surface area (Å²) in [4.78, 5) is 37.1. The van der Waals surface area contributed by atoms with Crippen molar-refractivity contribution in [2.45, 2.75) is 6.61 Å². The normalized spacial score (nSPS) is 15.2. The predicted octanol–water partition coefficient (Wildman–Crippen LogP) is 2.23. The van der Waals surface area contributed by atoms with E-state index in [9.17, 15) is 14.4 Å². The van der Waals surface area contributed by atoms with E-state index in [4.69, 9.17) is 26.8 Å². The van der Waals surface area contributed by atoms with E-state index in [-0.39, 0.29) is 22.9 Å². The topological polar surface area (TPSA) is 105 Å². The van der Waals surface area contributed by atoms with Gasteiger partial charge in [0.25, 0.3) is 11.8 Å². The van der Waals surface area contributed by atoms with E-state index < -0.39 is 17.8 Å². The summed E-state index contributed by atoms with van der Waals surface area (Å²) < 4.78 is 11.2. The van der Waals surface area contributed by atoms with Crippen LogP contribution in [0.5, 0.6) is 11.5 Å². The van der Waals surface area contributed by atoms with E-state index in [1.54, 1.807) is 30.3 Å². The number of carbonyl (C=O) groups is 3. The van der Waals surface area contributed by atoms with Gasteiger partial charge in [-0.15, -0.1) is 0 Å². The maximum Gasteiger partial charge on any atom is 0.335 e. The van der Waals surface area contributed by atoms with Gasteiger partial charge >= 0.3 is 5.97 Å². The molecule has 9 heteroatoms. The van der Waals surface area contributed by atoms with Gasteiger partial charge in [-0.1, -0.05) is 24.3 Å². The third kappa shape index (κ3) is 4.31. The SMILES string of the molecule is COc1cccc(C=C2C(=O)NC(=S)N(C)C2=O)c1OCc1cccc(C(=O)O)c1. The molecular weight excluding hydrogens is 408 g/mol. The van der Waals surface area contributed by atoms with E-state index in [0.29, 0.717) is 22.6 Å². The van der Waals surface area contributed by atoms with E-state index >= 15 is 0 Å². The third-order valence-corrected chi connectivity index (χ3v) is 4.77. The Morgan fingerprint density at radius 3 is 2.67 bits per heavy atom. The molecule has 1 aliphatic rings. The van der Waals surface area contributed by atoms with Gasteiger partial charge in [0, 0.05) is 12.6 Å². The molecule has 0 radical (unpaired) electrons. The van der Waals surface area contributed by atoms with Crippen LogP contribution in [0.1, 0.15) is 21.5 Å². The number of benzene rings is 2. The smallest absolute Gasteiger partial charge is 0.335 e. The predicted molar refractivity (Wildman–Crippen MR) is 112 cm³/mol. The monoisotopic (exact) mass is 426 g/mol. The Bertz CT molecular complexity index is 1080. The number of nitrogens with one attached hydrogen (secondary N) is 1. The number of hydrogen-bond acceptors (Lipinski definition) is 6. The van der Waals surface area contributed by atoms with Crippen LogP contribution < -0.4 is 14.8 Å². The molecule has 0 spiro atoms. The molecule has 1 fully saturated rings. The summed E-state index contributed by atoms with van der Waals surface area (Å²) >= 11 is 4.95. The fourth-order valence-corrected chi connectivity index (χ4v) is 2.99. The summed E-state index contributed by atoms with van der Waals surface area (Å²) in [6.07, 6.45) is 1.40. The Balaban J connectivity index is 1.95. The largest absolute Gasteiger partial charge is 0.493 e. The zero-order valence-electron chi connectivity index (χ0n) is 16.2. The molecule has 2 amide bonds. The molecule has 2 aromatic rings. The van der Waals surface area contributed by atoms with Crippen LogP contribution in [0.25, 0.3) is 6.08 Å². The van der Waals surface area contributed by atoms with Crippen molar-refractivity contribution in [3.8, 4) is 11.5 Å². The second kappa shape index (κ2) is 8.75. The first-order valence-electron chi connectivity index (χ1n) is 8.79. The van der Waals surface area contributed by atoms with Crippen LogP contribution in [0.4, 0.5) is 0 Å². The van der Waals surface area contributed by atoms with Crippen molar-refractivity contribution in [3.63, 3.8) is 0 Å².